The number of allylic oxidation sites excluding steroid dienone is 9. The second-order valence-electron chi connectivity index (χ2n) is 6.36. The fourth-order valence-corrected chi connectivity index (χ4v) is 2.70. The summed E-state index contributed by atoms with van der Waals surface area (Å²) in [6.45, 7) is 2.11. The predicted octanol–water partition coefficient (Wildman–Crippen LogP) is 4.39. The molecule has 0 heterocycles. The number of aliphatic hydroxyl groups is 1. The van der Waals surface area contributed by atoms with Crippen LogP contribution in [-0.4, -0.2) is 28.1 Å². The summed E-state index contributed by atoms with van der Waals surface area (Å²) in [5.41, 5.74) is 0. The van der Waals surface area contributed by atoms with E-state index < -0.39 is 12.1 Å². The van der Waals surface area contributed by atoms with Crippen LogP contribution in [0.15, 0.2) is 60.8 Å². The highest BCUT2D eigenvalue weighted by atomic mass is 16.4. The molecule has 0 aromatic heterocycles. The van der Waals surface area contributed by atoms with E-state index >= 15 is 0 Å². The molecule has 4 nitrogen and oxygen atoms in total. The average Bonchev–Trinajstić information content (AvgIpc) is 2.96. The van der Waals surface area contributed by atoms with Gasteiger partial charge in [0.2, 0.25) is 0 Å². The highest BCUT2D eigenvalue weighted by Crippen LogP contribution is 2.27. The molecule has 1 aliphatic rings. The molecular formula is C22H30O4. The third-order valence-electron chi connectivity index (χ3n) is 4.19. The van der Waals surface area contributed by atoms with Crippen LogP contribution in [0, 0.1) is 11.8 Å². The van der Waals surface area contributed by atoms with Crippen LogP contribution in [0.2, 0.25) is 0 Å². The van der Waals surface area contributed by atoms with E-state index in [0.29, 0.717) is 6.42 Å². The number of rotatable bonds is 12. The predicted molar refractivity (Wildman–Crippen MR) is 105 cm³/mol. The zero-order valence-electron chi connectivity index (χ0n) is 15.5. The molecule has 0 bridgehead atoms. The molecule has 1 rings (SSSR count). The normalized spacial score (nSPS) is 21.8. The summed E-state index contributed by atoms with van der Waals surface area (Å²) in [4.78, 5) is 22.5. The SMILES string of the molecule is CC/C=C\C/C=C\C/C=C\C[C@@H]1C(=O)C=C[C@H]1/C=C/[C@@H](O)CCC(=O)O. The van der Waals surface area contributed by atoms with Crippen molar-refractivity contribution in [3.63, 3.8) is 0 Å². The minimum Gasteiger partial charge on any atom is -0.481 e. The van der Waals surface area contributed by atoms with Gasteiger partial charge in [-0.3, -0.25) is 9.59 Å². The number of ketones is 1. The monoisotopic (exact) mass is 358 g/mol. The van der Waals surface area contributed by atoms with E-state index in [0.717, 1.165) is 19.3 Å². The molecule has 4 heteroatoms. The van der Waals surface area contributed by atoms with Crippen molar-refractivity contribution >= 4 is 11.8 Å². The van der Waals surface area contributed by atoms with E-state index in [2.05, 4.69) is 37.3 Å². The first-order valence-corrected chi connectivity index (χ1v) is 9.29. The van der Waals surface area contributed by atoms with Crippen molar-refractivity contribution in [3.8, 4) is 0 Å². The van der Waals surface area contributed by atoms with Gasteiger partial charge >= 0.3 is 5.97 Å². The Morgan fingerprint density at radius 3 is 2.46 bits per heavy atom. The molecule has 0 unspecified atom stereocenters. The van der Waals surface area contributed by atoms with Gasteiger partial charge in [0.15, 0.2) is 5.78 Å². The van der Waals surface area contributed by atoms with E-state index in [1.54, 1.807) is 12.2 Å². The molecule has 2 N–H and O–H groups in total. The number of hydrogen-bond donors (Lipinski definition) is 2. The first kappa shape index (κ1) is 21.8. The molecular weight excluding hydrogens is 328 g/mol. The fraction of sp³-hybridized carbons (Fsp3) is 0.455. The molecule has 0 aliphatic heterocycles. The Morgan fingerprint density at radius 1 is 1.15 bits per heavy atom. The van der Waals surface area contributed by atoms with Crippen LogP contribution in [0.4, 0.5) is 0 Å². The summed E-state index contributed by atoms with van der Waals surface area (Å²) in [5.74, 6) is -0.997. The van der Waals surface area contributed by atoms with Gasteiger partial charge < -0.3 is 10.2 Å². The van der Waals surface area contributed by atoms with Crippen LogP contribution in [0.3, 0.4) is 0 Å². The van der Waals surface area contributed by atoms with Crippen LogP contribution in [0.1, 0.15) is 45.4 Å². The van der Waals surface area contributed by atoms with Gasteiger partial charge in [-0.1, -0.05) is 61.6 Å². The Morgan fingerprint density at radius 2 is 1.81 bits per heavy atom. The van der Waals surface area contributed by atoms with Crippen molar-refractivity contribution in [1.29, 1.82) is 0 Å². The zero-order valence-corrected chi connectivity index (χ0v) is 15.5. The summed E-state index contributed by atoms with van der Waals surface area (Å²) >= 11 is 0. The lowest BCUT2D eigenvalue weighted by Crippen LogP contribution is -2.14. The van der Waals surface area contributed by atoms with Crippen LogP contribution in [0.25, 0.3) is 0 Å². The maximum atomic E-state index is 12.0. The molecule has 0 fully saturated rings. The largest absolute Gasteiger partial charge is 0.481 e. The molecule has 0 spiro atoms. The van der Waals surface area contributed by atoms with E-state index in [1.807, 2.05) is 18.2 Å². The Labute approximate surface area is 156 Å². The highest BCUT2D eigenvalue weighted by molar-refractivity contribution is 5.95. The Kier molecular flexibility index (Phi) is 11.0. The number of carbonyl (C=O) groups excluding carboxylic acids is 1. The van der Waals surface area contributed by atoms with Crippen molar-refractivity contribution in [3.05, 3.63) is 60.8 Å². The third-order valence-corrected chi connectivity index (χ3v) is 4.19. The zero-order chi connectivity index (χ0) is 19.2. The molecule has 3 atom stereocenters. The molecule has 1 aliphatic carbocycles. The summed E-state index contributed by atoms with van der Waals surface area (Å²) in [6, 6.07) is 0. The van der Waals surface area contributed by atoms with Crippen LogP contribution >= 0.6 is 0 Å². The van der Waals surface area contributed by atoms with Gasteiger partial charge in [0.05, 0.1) is 6.10 Å². The van der Waals surface area contributed by atoms with Crippen molar-refractivity contribution in [2.75, 3.05) is 0 Å². The molecule has 0 radical (unpaired) electrons. The van der Waals surface area contributed by atoms with Gasteiger partial charge in [0.1, 0.15) is 0 Å². The van der Waals surface area contributed by atoms with Gasteiger partial charge in [0.25, 0.3) is 0 Å². The lowest BCUT2D eigenvalue weighted by molar-refractivity contribution is -0.137. The quantitative estimate of drug-likeness (QED) is 0.507. The number of carboxylic acids is 1. The summed E-state index contributed by atoms with van der Waals surface area (Å²) in [6.07, 6.45) is 22.3. The average molecular weight is 358 g/mol. The summed E-state index contributed by atoms with van der Waals surface area (Å²) in [5, 5.41) is 18.4. The van der Waals surface area contributed by atoms with Crippen molar-refractivity contribution in [1.82, 2.24) is 0 Å². The third kappa shape index (κ3) is 9.33. The second-order valence-corrected chi connectivity index (χ2v) is 6.36. The van der Waals surface area contributed by atoms with Gasteiger partial charge in [-0.25, -0.2) is 0 Å². The second kappa shape index (κ2) is 13.1. The van der Waals surface area contributed by atoms with E-state index in [-0.39, 0.29) is 30.5 Å². The van der Waals surface area contributed by atoms with E-state index in [1.165, 1.54) is 0 Å². The van der Waals surface area contributed by atoms with Crippen molar-refractivity contribution in [2.45, 2.75) is 51.6 Å². The number of carboxylic acid groups (broad SMARTS) is 1. The molecule has 0 amide bonds. The van der Waals surface area contributed by atoms with Crippen LogP contribution in [-0.2, 0) is 9.59 Å². The highest BCUT2D eigenvalue weighted by Gasteiger charge is 2.27. The number of carbonyl (C=O) groups is 2. The lowest BCUT2D eigenvalue weighted by atomic mass is 9.90. The summed E-state index contributed by atoms with van der Waals surface area (Å²) < 4.78 is 0. The molecule has 0 saturated heterocycles. The maximum absolute atomic E-state index is 12.0. The standard InChI is InChI=1S/C22H30O4/c1-2-3-4-5-6-7-8-9-10-11-20-18(13-16-21(20)24)12-14-19(23)15-17-22(25)26/h3-4,6-7,9-10,12-14,16,18-20,23H,2,5,8,11,15,17H2,1H3,(H,25,26)/b4-3-,7-6-,10-9-,14-12+/t18-,19-,20+/m1/s1. The van der Waals surface area contributed by atoms with Crippen LogP contribution < -0.4 is 0 Å². The molecule has 26 heavy (non-hydrogen) atoms. The Hall–Kier alpha value is -2.20. The molecule has 0 saturated carbocycles. The fourth-order valence-electron chi connectivity index (χ4n) is 2.70. The first-order chi connectivity index (χ1) is 12.5. The van der Waals surface area contributed by atoms with Gasteiger partial charge in [0, 0.05) is 18.3 Å². The smallest absolute Gasteiger partial charge is 0.303 e. The first-order valence-electron chi connectivity index (χ1n) is 9.29. The number of aliphatic carboxylic acids is 1. The number of aliphatic hydroxyl groups excluding tert-OH is 1. The number of hydrogen-bond acceptors (Lipinski definition) is 3. The van der Waals surface area contributed by atoms with Crippen LogP contribution in [0.5, 0.6) is 0 Å². The summed E-state index contributed by atoms with van der Waals surface area (Å²) in [7, 11) is 0. The van der Waals surface area contributed by atoms with Crippen molar-refractivity contribution < 1.29 is 19.8 Å². The van der Waals surface area contributed by atoms with Gasteiger partial charge in [-0.15, -0.1) is 0 Å². The van der Waals surface area contributed by atoms with E-state index in [9.17, 15) is 14.7 Å². The Balaban J connectivity index is 2.39. The van der Waals surface area contributed by atoms with Gasteiger partial charge in [-0.05, 0) is 38.2 Å². The maximum Gasteiger partial charge on any atom is 0.303 e. The minimum atomic E-state index is -0.924. The Bertz CT molecular complexity index is 581. The topological polar surface area (TPSA) is 74.6 Å². The van der Waals surface area contributed by atoms with E-state index in [4.69, 9.17) is 5.11 Å². The minimum absolute atomic E-state index is 0.0404. The van der Waals surface area contributed by atoms with Gasteiger partial charge in [-0.2, -0.15) is 0 Å². The molecule has 142 valence electrons. The molecule has 0 aromatic rings. The molecule has 0 aromatic carbocycles. The van der Waals surface area contributed by atoms with Crippen molar-refractivity contribution in [2.24, 2.45) is 11.8 Å². The lowest BCUT2D eigenvalue weighted by Gasteiger charge is -2.13.